The summed E-state index contributed by atoms with van der Waals surface area (Å²) in [5, 5.41) is 13.6. The first-order valence-electron chi connectivity index (χ1n) is 7.07. The third-order valence-corrected chi connectivity index (χ3v) is 4.33. The average Bonchev–Trinajstić information content (AvgIpc) is 2.86. The minimum absolute atomic E-state index is 0.0253. The number of aliphatic hydroxyl groups is 1. The molecule has 0 aliphatic carbocycles. The number of hydrogen-bond acceptors (Lipinski definition) is 3. The van der Waals surface area contributed by atoms with Crippen molar-refractivity contribution >= 4 is 17.2 Å². The molecule has 0 radical (unpaired) electrons. The monoisotopic (exact) mass is 295 g/mol. The Hall–Kier alpha value is -1.10. The Labute approximate surface area is 124 Å². The van der Waals surface area contributed by atoms with Crippen LogP contribution in [0.4, 0.5) is 0 Å². The highest BCUT2D eigenvalue weighted by Gasteiger charge is 2.24. The Morgan fingerprint density at radius 1 is 1.30 bits per heavy atom. The molecule has 0 spiro atoms. The van der Waals surface area contributed by atoms with E-state index in [2.05, 4.69) is 24.1 Å². The zero-order valence-corrected chi connectivity index (χ0v) is 12.8. The lowest BCUT2D eigenvalue weighted by Crippen LogP contribution is -2.36. The van der Waals surface area contributed by atoms with Crippen molar-refractivity contribution < 1.29 is 5.11 Å². The number of halogens is 1. The second-order valence-corrected chi connectivity index (χ2v) is 5.75. The van der Waals surface area contributed by atoms with Crippen LogP contribution in [0.1, 0.15) is 32.4 Å². The van der Waals surface area contributed by atoms with Crippen LogP contribution in [0.3, 0.4) is 0 Å². The molecule has 0 bridgehead atoms. The van der Waals surface area contributed by atoms with Gasteiger partial charge in [-0.3, -0.25) is 0 Å². The molecule has 0 aromatic carbocycles. The average molecular weight is 296 g/mol. The lowest BCUT2D eigenvalue weighted by molar-refractivity contribution is 0.113. The maximum Gasteiger partial charge on any atom is 0.137 e. The van der Waals surface area contributed by atoms with Gasteiger partial charge in [0.15, 0.2) is 0 Å². The number of fused-ring (bicyclic) bond motifs is 1. The van der Waals surface area contributed by atoms with Crippen LogP contribution in [-0.4, -0.2) is 27.6 Å². The summed E-state index contributed by atoms with van der Waals surface area (Å²) in [6.07, 6.45) is 5.76. The Bertz CT molecular complexity index is 555. The van der Waals surface area contributed by atoms with Crippen molar-refractivity contribution in [3.8, 4) is 0 Å². The van der Waals surface area contributed by atoms with Crippen molar-refractivity contribution in [1.82, 2.24) is 14.7 Å². The fraction of sp³-hybridized carbons (Fsp3) is 0.533. The fourth-order valence-corrected chi connectivity index (χ4v) is 2.51. The van der Waals surface area contributed by atoms with E-state index < -0.39 is 0 Å². The normalized spacial score (nSPS) is 12.2. The highest BCUT2D eigenvalue weighted by atomic mass is 35.5. The number of aliphatic hydroxyl groups excluding tert-OH is 1. The van der Waals surface area contributed by atoms with Crippen molar-refractivity contribution in [2.24, 2.45) is 5.41 Å². The predicted octanol–water partition coefficient (Wildman–Crippen LogP) is 2.88. The van der Waals surface area contributed by atoms with Crippen molar-refractivity contribution in [2.45, 2.75) is 33.2 Å². The van der Waals surface area contributed by atoms with E-state index in [0.717, 1.165) is 30.7 Å². The summed E-state index contributed by atoms with van der Waals surface area (Å²) in [5.74, 6) is 0. The number of nitrogens with one attached hydrogen (secondary N) is 1. The van der Waals surface area contributed by atoms with Crippen LogP contribution in [0.25, 0.3) is 5.65 Å². The van der Waals surface area contributed by atoms with Gasteiger partial charge in [0, 0.05) is 37.5 Å². The molecule has 110 valence electrons. The second-order valence-electron chi connectivity index (χ2n) is 5.31. The molecular formula is C15H22ClN3O. The molecule has 0 fully saturated rings. The van der Waals surface area contributed by atoms with Gasteiger partial charge in [0.05, 0.1) is 10.7 Å². The quantitative estimate of drug-likeness (QED) is 0.826. The maximum absolute atomic E-state index is 9.54. The van der Waals surface area contributed by atoms with Gasteiger partial charge >= 0.3 is 0 Å². The van der Waals surface area contributed by atoms with E-state index in [0.29, 0.717) is 11.6 Å². The Morgan fingerprint density at radius 2 is 2.05 bits per heavy atom. The Kier molecular flexibility index (Phi) is 5.02. The van der Waals surface area contributed by atoms with Gasteiger partial charge in [0.2, 0.25) is 0 Å². The third kappa shape index (κ3) is 3.32. The maximum atomic E-state index is 9.54. The summed E-state index contributed by atoms with van der Waals surface area (Å²) in [6, 6.07) is 3.74. The molecule has 2 rings (SSSR count). The molecule has 0 saturated carbocycles. The van der Waals surface area contributed by atoms with Gasteiger partial charge in [0.1, 0.15) is 5.65 Å². The number of nitrogens with zero attached hydrogens (tertiary/aromatic N) is 2. The SMILES string of the molecule is CCC(CC)(CO)CNCc1cn2cc(Cl)ccc2n1. The van der Waals surface area contributed by atoms with Gasteiger partial charge in [-0.1, -0.05) is 25.4 Å². The van der Waals surface area contributed by atoms with E-state index >= 15 is 0 Å². The largest absolute Gasteiger partial charge is 0.396 e. The molecule has 0 atom stereocenters. The zero-order valence-electron chi connectivity index (χ0n) is 12.1. The van der Waals surface area contributed by atoms with Crippen LogP contribution >= 0.6 is 11.6 Å². The van der Waals surface area contributed by atoms with E-state index in [4.69, 9.17) is 11.6 Å². The molecule has 0 saturated heterocycles. The van der Waals surface area contributed by atoms with Crippen molar-refractivity contribution in [1.29, 1.82) is 0 Å². The van der Waals surface area contributed by atoms with E-state index in [1.807, 2.05) is 28.9 Å². The highest BCUT2D eigenvalue weighted by Crippen LogP contribution is 2.24. The predicted molar refractivity (Wildman–Crippen MR) is 82.0 cm³/mol. The molecule has 0 amide bonds. The lowest BCUT2D eigenvalue weighted by Gasteiger charge is -2.29. The molecule has 20 heavy (non-hydrogen) atoms. The molecule has 2 heterocycles. The molecule has 2 aromatic heterocycles. The summed E-state index contributed by atoms with van der Waals surface area (Å²) >= 11 is 5.96. The van der Waals surface area contributed by atoms with Gasteiger partial charge < -0.3 is 14.8 Å². The Balaban J connectivity index is 1.99. The lowest BCUT2D eigenvalue weighted by atomic mass is 9.83. The molecule has 2 N–H and O–H groups in total. The van der Waals surface area contributed by atoms with Crippen molar-refractivity contribution in [2.75, 3.05) is 13.2 Å². The first-order valence-corrected chi connectivity index (χ1v) is 7.45. The molecule has 0 aliphatic rings. The zero-order chi connectivity index (χ0) is 14.6. The third-order valence-electron chi connectivity index (χ3n) is 4.11. The molecule has 5 heteroatoms. The molecule has 0 aliphatic heterocycles. The fourth-order valence-electron chi connectivity index (χ4n) is 2.34. The second kappa shape index (κ2) is 6.57. The number of hydrogen-bond donors (Lipinski definition) is 2. The van der Waals surface area contributed by atoms with Gasteiger partial charge in [-0.15, -0.1) is 0 Å². The van der Waals surface area contributed by atoms with E-state index in [9.17, 15) is 5.11 Å². The highest BCUT2D eigenvalue weighted by molar-refractivity contribution is 6.30. The Morgan fingerprint density at radius 3 is 2.70 bits per heavy atom. The minimum atomic E-state index is -0.0253. The number of rotatable bonds is 7. The summed E-state index contributed by atoms with van der Waals surface area (Å²) < 4.78 is 1.93. The first kappa shape index (κ1) is 15.3. The standard InChI is InChI=1S/C15H22ClN3O/c1-3-15(4-2,11-20)10-17-7-13-9-19-8-12(16)5-6-14(19)18-13/h5-6,8-9,17,20H,3-4,7,10-11H2,1-2H3. The number of aromatic nitrogens is 2. The van der Waals surface area contributed by atoms with Crippen LogP contribution in [0, 0.1) is 5.41 Å². The molecular weight excluding hydrogens is 274 g/mol. The van der Waals surface area contributed by atoms with E-state index in [-0.39, 0.29) is 12.0 Å². The van der Waals surface area contributed by atoms with E-state index in [1.54, 1.807) is 0 Å². The molecule has 2 aromatic rings. The van der Waals surface area contributed by atoms with Crippen LogP contribution in [0.5, 0.6) is 0 Å². The van der Waals surface area contributed by atoms with Crippen molar-refractivity contribution in [3.05, 3.63) is 35.2 Å². The smallest absolute Gasteiger partial charge is 0.137 e. The van der Waals surface area contributed by atoms with Crippen LogP contribution in [-0.2, 0) is 6.54 Å². The summed E-state index contributed by atoms with van der Waals surface area (Å²) in [4.78, 5) is 4.53. The minimum Gasteiger partial charge on any atom is -0.396 e. The van der Waals surface area contributed by atoms with Gasteiger partial charge in [-0.05, 0) is 25.0 Å². The molecule has 4 nitrogen and oxygen atoms in total. The summed E-state index contributed by atoms with van der Waals surface area (Å²) in [6.45, 7) is 5.95. The van der Waals surface area contributed by atoms with E-state index in [1.165, 1.54) is 0 Å². The number of imidazole rings is 1. The van der Waals surface area contributed by atoms with Crippen LogP contribution in [0.2, 0.25) is 5.02 Å². The summed E-state index contributed by atoms with van der Waals surface area (Å²) in [7, 11) is 0. The van der Waals surface area contributed by atoms with Crippen LogP contribution in [0.15, 0.2) is 24.5 Å². The van der Waals surface area contributed by atoms with Gasteiger partial charge in [0.25, 0.3) is 0 Å². The van der Waals surface area contributed by atoms with Gasteiger partial charge in [-0.2, -0.15) is 0 Å². The molecule has 0 unspecified atom stereocenters. The van der Waals surface area contributed by atoms with Gasteiger partial charge in [-0.25, -0.2) is 4.98 Å². The van der Waals surface area contributed by atoms with Crippen LogP contribution < -0.4 is 5.32 Å². The summed E-state index contributed by atoms with van der Waals surface area (Å²) in [5.41, 5.74) is 1.85. The first-order chi connectivity index (χ1) is 9.62. The van der Waals surface area contributed by atoms with Crippen molar-refractivity contribution in [3.63, 3.8) is 0 Å². The number of pyridine rings is 1. The topological polar surface area (TPSA) is 49.6 Å².